The lowest BCUT2D eigenvalue weighted by molar-refractivity contribution is -0.119. The first kappa shape index (κ1) is 17.6. The van der Waals surface area contributed by atoms with E-state index in [0.717, 1.165) is 0 Å². The molecule has 2 saturated heterocycles. The monoisotopic (exact) mass is 353 g/mol. The number of amides is 1. The molecule has 1 unspecified atom stereocenters. The van der Waals surface area contributed by atoms with Crippen LogP contribution in [0.25, 0.3) is 0 Å². The Morgan fingerprint density at radius 1 is 1.24 bits per heavy atom. The molecule has 1 aromatic carbocycles. The van der Waals surface area contributed by atoms with E-state index in [4.69, 9.17) is 4.74 Å². The van der Waals surface area contributed by atoms with Crippen LogP contribution in [-0.2, 0) is 9.53 Å². The summed E-state index contributed by atoms with van der Waals surface area (Å²) in [5.74, 6) is -0.237. The van der Waals surface area contributed by atoms with Crippen molar-refractivity contribution in [3.05, 3.63) is 24.0 Å². The van der Waals surface area contributed by atoms with Crippen LogP contribution in [0, 0.1) is 5.82 Å². The van der Waals surface area contributed by atoms with E-state index < -0.39 is 24.7 Å². The number of benzene rings is 1. The van der Waals surface area contributed by atoms with Crippen molar-refractivity contribution in [3.63, 3.8) is 0 Å². The number of halogens is 2. The fourth-order valence-electron chi connectivity index (χ4n) is 3.09. The average Bonchev–Trinajstić information content (AvgIpc) is 2.97. The Hall–Kier alpha value is -2.22. The van der Waals surface area contributed by atoms with Gasteiger partial charge >= 0.3 is 6.09 Å². The Bertz CT molecular complexity index is 646. The topological polar surface area (TPSA) is 61.9 Å². The van der Waals surface area contributed by atoms with Crippen LogP contribution in [0.1, 0.15) is 12.8 Å². The summed E-state index contributed by atoms with van der Waals surface area (Å²) in [4.78, 5) is 26.5. The Morgan fingerprint density at radius 3 is 2.68 bits per heavy atom. The number of hydrogen-bond acceptors (Lipinski definition) is 5. The molecule has 25 heavy (non-hydrogen) atoms. The van der Waals surface area contributed by atoms with Gasteiger partial charge in [0.2, 0.25) is 0 Å². The van der Waals surface area contributed by atoms with E-state index in [1.54, 1.807) is 12.1 Å². The van der Waals surface area contributed by atoms with Crippen LogP contribution in [0.3, 0.4) is 0 Å². The molecule has 136 valence electrons. The van der Waals surface area contributed by atoms with Crippen molar-refractivity contribution in [2.75, 3.05) is 49.2 Å². The van der Waals surface area contributed by atoms with Gasteiger partial charge in [-0.1, -0.05) is 0 Å². The van der Waals surface area contributed by atoms with Gasteiger partial charge < -0.3 is 15.0 Å². The molecule has 2 aliphatic rings. The van der Waals surface area contributed by atoms with Gasteiger partial charge in [-0.2, -0.15) is 0 Å². The van der Waals surface area contributed by atoms with E-state index in [1.807, 2.05) is 4.90 Å². The quantitative estimate of drug-likeness (QED) is 0.792. The summed E-state index contributed by atoms with van der Waals surface area (Å²) in [6, 6.07) is 4.61. The highest BCUT2D eigenvalue weighted by Gasteiger charge is 2.32. The summed E-state index contributed by atoms with van der Waals surface area (Å²) in [6.45, 7) is 1.37. The van der Waals surface area contributed by atoms with Crippen molar-refractivity contribution in [3.8, 4) is 0 Å². The predicted octanol–water partition coefficient (Wildman–Crippen LogP) is 1.88. The number of carbonyl (C=O) groups excluding carboxylic acids is 2. The highest BCUT2D eigenvalue weighted by molar-refractivity contribution is 5.90. The van der Waals surface area contributed by atoms with E-state index in [9.17, 15) is 18.4 Å². The van der Waals surface area contributed by atoms with Crippen LogP contribution in [-0.4, -0.2) is 57.4 Å². The minimum atomic E-state index is -0.539. The Kier molecular flexibility index (Phi) is 5.47. The zero-order valence-corrected chi connectivity index (χ0v) is 13.8. The fourth-order valence-corrected chi connectivity index (χ4v) is 3.09. The zero-order chi connectivity index (χ0) is 17.8. The Morgan fingerprint density at radius 2 is 2.00 bits per heavy atom. The molecule has 0 saturated carbocycles. The van der Waals surface area contributed by atoms with Crippen LogP contribution in [0.2, 0.25) is 0 Å². The van der Waals surface area contributed by atoms with Gasteiger partial charge in [-0.15, -0.1) is 0 Å². The van der Waals surface area contributed by atoms with E-state index >= 15 is 0 Å². The fraction of sp³-hybridized carbons (Fsp3) is 0.529. The lowest BCUT2D eigenvalue weighted by atomic mass is 10.1. The SMILES string of the molecule is O=C1CCN(c2ccc(N3CC(CNCCF)OC3=O)cc2F)CC1. The molecule has 2 aliphatic heterocycles. The zero-order valence-electron chi connectivity index (χ0n) is 13.8. The maximum absolute atomic E-state index is 14.5. The second-order valence-electron chi connectivity index (χ2n) is 6.17. The minimum Gasteiger partial charge on any atom is -0.443 e. The van der Waals surface area contributed by atoms with Crippen LogP contribution in [0.15, 0.2) is 18.2 Å². The normalized spacial score (nSPS) is 21.0. The molecule has 6 nitrogen and oxygen atoms in total. The molecule has 0 radical (unpaired) electrons. The van der Waals surface area contributed by atoms with Crippen molar-refractivity contribution in [2.45, 2.75) is 18.9 Å². The maximum atomic E-state index is 14.5. The van der Waals surface area contributed by atoms with E-state index in [2.05, 4.69) is 5.32 Å². The van der Waals surface area contributed by atoms with Crippen molar-refractivity contribution < 1.29 is 23.1 Å². The summed E-state index contributed by atoms with van der Waals surface area (Å²) in [5, 5.41) is 2.85. The van der Waals surface area contributed by atoms with Gasteiger partial charge in [0.1, 0.15) is 24.4 Å². The lowest BCUT2D eigenvalue weighted by Crippen LogP contribution is -2.34. The molecule has 3 rings (SSSR count). The Labute approximate surface area is 144 Å². The molecular formula is C17H21F2N3O3. The summed E-state index contributed by atoms with van der Waals surface area (Å²) >= 11 is 0. The van der Waals surface area contributed by atoms with Crippen molar-refractivity contribution >= 4 is 23.3 Å². The van der Waals surface area contributed by atoms with E-state index in [1.165, 1.54) is 11.0 Å². The van der Waals surface area contributed by atoms with Crippen molar-refractivity contribution in [2.24, 2.45) is 0 Å². The van der Waals surface area contributed by atoms with Crippen molar-refractivity contribution in [1.29, 1.82) is 0 Å². The second-order valence-corrected chi connectivity index (χ2v) is 6.17. The lowest BCUT2D eigenvalue weighted by Gasteiger charge is -2.28. The molecule has 8 heteroatoms. The first-order chi connectivity index (χ1) is 12.1. The molecule has 0 spiro atoms. The summed E-state index contributed by atoms with van der Waals surface area (Å²) in [6.07, 6.45) is -0.0851. The third-order valence-electron chi connectivity index (χ3n) is 4.42. The number of ketones is 1. The van der Waals surface area contributed by atoms with Crippen LogP contribution >= 0.6 is 0 Å². The minimum absolute atomic E-state index is 0.195. The molecule has 2 heterocycles. The molecule has 0 bridgehead atoms. The largest absolute Gasteiger partial charge is 0.443 e. The number of nitrogens with zero attached hydrogens (tertiary/aromatic N) is 2. The van der Waals surface area contributed by atoms with Gasteiger partial charge in [-0.25, -0.2) is 13.6 Å². The standard InChI is InChI=1S/C17H21F2N3O3/c18-5-6-20-10-14-11-22(17(24)25-14)12-1-2-16(15(19)9-12)21-7-3-13(23)4-8-21/h1-2,9,14,20H,3-8,10-11H2. The molecule has 0 aromatic heterocycles. The summed E-state index contributed by atoms with van der Waals surface area (Å²) in [7, 11) is 0. The van der Waals surface area contributed by atoms with Gasteiger partial charge in [-0.3, -0.25) is 9.69 Å². The van der Waals surface area contributed by atoms with Gasteiger partial charge in [0.15, 0.2) is 0 Å². The van der Waals surface area contributed by atoms with Gasteiger partial charge in [0.25, 0.3) is 0 Å². The van der Waals surface area contributed by atoms with Crippen LogP contribution < -0.4 is 15.1 Å². The molecule has 1 amide bonds. The van der Waals surface area contributed by atoms with Crippen LogP contribution in [0.5, 0.6) is 0 Å². The van der Waals surface area contributed by atoms with Gasteiger partial charge in [-0.05, 0) is 18.2 Å². The number of piperidine rings is 1. The first-order valence-corrected chi connectivity index (χ1v) is 8.39. The number of Topliss-reactive ketones (excluding diaryl/α,β-unsaturated/α-hetero) is 1. The molecule has 1 atom stereocenters. The smallest absolute Gasteiger partial charge is 0.414 e. The maximum Gasteiger partial charge on any atom is 0.414 e. The molecule has 1 aromatic rings. The molecule has 2 fully saturated rings. The number of hydrogen-bond donors (Lipinski definition) is 1. The number of cyclic esters (lactones) is 1. The van der Waals surface area contributed by atoms with Crippen molar-refractivity contribution in [1.82, 2.24) is 5.32 Å². The number of alkyl halides is 1. The number of rotatable bonds is 6. The second kappa shape index (κ2) is 7.77. The molecular weight excluding hydrogens is 332 g/mol. The van der Waals surface area contributed by atoms with E-state index in [-0.39, 0.29) is 18.9 Å². The third kappa shape index (κ3) is 4.07. The van der Waals surface area contributed by atoms with Gasteiger partial charge in [0.05, 0.1) is 17.9 Å². The number of anilines is 2. The predicted molar refractivity (Wildman–Crippen MR) is 89.3 cm³/mol. The third-order valence-corrected chi connectivity index (χ3v) is 4.42. The van der Waals surface area contributed by atoms with Gasteiger partial charge in [0, 0.05) is 39.0 Å². The number of nitrogens with one attached hydrogen (secondary N) is 1. The summed E-state index contributed by atoms with van der Waals surface area (Å²) < 4.78 is 31.8. The Balaban J connectivity index is 1.66. The summed E-state index contributed by atoms with van der Waals surface area (Å²) in [5.41, 5.74) is 0.859. The number of carbonyl (C=O) groups is 2. The highest BCUT2D eigenvalue weighted by atomic mass is 19.1. The van der Waals surface area contributed by atoms with Crippen LogP contribution in [0.4, 0.5) is 25.0 Å². The number of ether oxygens (including phenoxy) is 1. The highest BCUT2D eigenvalue weighted by Crippen LogP contribution is 2.29. The van der Waals surface area contributed by atoms with E-state index in [0.29, 0.717) is 43.9 Å². The molecule has 1 N–H and O–H groups in total. The average molecular weight is 353 g/mol. The first-order valence-electron chi connectivity index (χ1n) is 8.39. The molecule has 0 aliphatic carbocycles.